The highest BCUT2D eigenvalue weighted by molar-refractivity contribution is 6.09. The molecule has 0 saturated carbocycles. The first-order valence-corrected chi connectivity index (χ1v) is 10.4. The van der Waals surface area contributed by atoms with Gasteiger partial charge < -0.3 is 24.4 Å². The number of fused-ring (bicyclic) bond motifs is 3. The van der Waals surface area contributed by atoms with Crippen LogP contribution < -0.4 is 20.5 Å². The van der Waals surface area contributed by atoms with Crippen LogP contribution in [0.15, 0.2) is 38.6 Å². The second-order valence-corrected chi connectivity index (χ2v) is 8.05. The van der Waals surface area contributed by atoms with E-state index < -0.39 is 0 Å². The third-order valence-electron chi connectivity index (χ3n) is 6.28. The van der Waals surface area contributed by atoms with Crippen LogP contribution in [0, 0.1) is 6.92 Å². The maximum Gasteiger partial charge on any atom is 0.339 e. The lowest BCUT2D eigenvalue weighted by Crippen LogP contribution is -2.11. The van der Waals surface area contributed by atoms with Crippen molar-refractivity contribution in [2.45, 2.75) is 38.6 Å². The van der Waals surface area contributed by atoms with E-state index in [0.29, 0.717) is 46.4 Å². The fourth-order valence-corrected chi connectivity index (χ4v) is 4.77. The molecular formula is C24H24N2O5. The van der Waals surface area contributed by atoms with Crippen LogP contribution in [0.25, 0.3) is 11.0 Å². The van der Waals surface area contributed by atoms with Crippen LogP contribution >= 0.6 is 0 Å². The predicted octanol–water partition coefficient (Wildman–Crippen LogP) is 3.75. The summed E-state index contributed by atoms with van der Waals surface area (Å²) < 4.78 is 16.3. The summed E-state index contributed by atoms with van der Waals surface area (Å²) in [6.07, 6.45) is 2.97. The molecule has 0 fully saturated rings. The third kappa shape index (κ3) is 3.03. The van der Waals surface area contributed by atoms with Gasteiger partial charge in [-0.25, -0.2) is 4.79 Å². The molecule has 160 valence electrons. The van der Waals surface area contributed by atoms with Gasteiger partial charge in [0, 0.05) is 17.5 Å². The van der Waals surface area contributed by atoms with Gasteiger partial charge in [0.2, 0.25) is 0 Å². The fourth-order valence-electron chi connectivity index (χ4n) is 4.77. The second-order valence-electron chi connectivity index (χ2n) is 8.05. The molecule has 0 radical (unpaired) electrons. The van der Waals surface area contributed by atoms with Gasteiger partial charge in [0.1, 0.15) is 11.3 Å². The van der Waals surface area contributed by atoms with Crippen LogP contribution in [0.2, 0.25) is 0 Å². The van der Waals surface area contributed by atoms with Crippen LogP contribution in [0.5, 0.6) is 17.2 Å². The topological polar surface area (TPSA) is 93.3 Å². The molecule has 7 nitrogen and oxygen atoms in total. The Hall–Kier alpha value is -3.48. The minimum atomic E-state index is -0.292. The van der Waals surface area contributed by atoms with Crippen LogP contribution in [0.1, 0.15) is 46.7 Å². The minimum absolute atomic E-state index is 0.0521. The molecule has 0 saturated heterocycles. The van der Waals surface area contributed by atoms with Crippen molar-refractivity contribution in [3.8, 4) is 17.2 Å². The largest absolute Gasteiger partial charge is 0.506 e. The number of phenols is 1. The van der Waals surface area contributed by atoms with Gasteiger partial charge in [0.05, 0.1) is 31.4 Å². The maximum atomic E-state index is 12.3. The SMILES string of the molecule is COc1ccc([C@H]2CC(c3c(C)cc4oc(=O)c5c(c4c3O)CCC5)=NN2)cc1OC. The zero-order chi connectivity index (χ0) is 21.7. The maximum absolute atomic E-state index is 12.3. The Morgan fingerprint density at radius 1 is 1.13 bits per heavy atom. The normalized spacial score (nSPS) is 17.4. The lowest BCUT2D eigenvalue weighted by atomic mass is 9.92. The number of benzene rings is 2. The number of methoxy groups -OCH3 is 2. The number of phenolic OH excluding ortho intramolecular Hbond substituents is 1. The van der Waals surface area contributed by atoms with Gasteiger partial charge in [-0.15, -0.1) is 0 Å². The van der Waals surface area contributed by atoms with E-state index >= 15 is 0 Å². The van der Waals surface area contributed by atoms with Gasteiger partial charge in [0.15, 0.2) is 11.5 Å². The van der Waals surface area contributed by atoms with Crippen LogP contribution in [-0.2, 0) is 12.8 Å². The molecule has 3 aromatic rings. The van der Waals surface area contributed by atoms with E-state index in [1.54, 1.807) is 14.2 Å². The van der Waals surface area contributed by atoms with Gasteiger partial charge in [0.25, 0.3) is 0 Å². The third-order valence-corrected chi connectivity index (χ3v) is 6.28. The molecule has 0 amide bonds. The van der Waals surface area contributed by atoms with Crippen molar-refractivity contribution in [1.82, 2.24) is 5.43 Å². The average molecular weight is 420 g/mol. The summed E-state index contributed by atoms with van der Waals surface area (Å²) in [7, 11) is 3.22. The number of nitrogens with one attached hydrogen (secondary N) is 1. The van der Waals surface area contributed by atoms with Crippen molar-refractivity contribution >= 4 is 16.7 Å². The highest BCUT2D eigenvalue weighted by atomic mass is 16.5. The monoisotopic (exact) mass is 420 g/mol. The number of hydrogen-bond donors (Lipinski definition) is 2. The van der Waals surface area contributed by atoms with Crippen molar-refractivity contribution in [1.29, 1.82) is 0 Å². The van der Waals surface area contributed by atoms with Gasteiger partial charge in [-0.3, -0.25) is 0 Å². The summed E-state index contributed by atoms with van der Waals surface area (Å²) in [6.45, 7) is 1.90. The van der Waals surface area contributed by atoms with Crippen LogP contribution in [-0.4, -0.2) is 25.0 Å². The molecule has 1 aliphatic carbocycles. The quantitative estimate of drug-likeness (QED) is 0.625. The lowest BCUT2D eigenvalue weighted by Gasteiger charge is -2.15. The summed E-state index contributed by atoms with van der Waals surface area (Å²) in [5.41, 5.74) is 8.23. The number of ether oxygens (including phenoxy) is 2. The minimum Gasteiger partial charge on any atom is -0.506 e. The summed E-state index contributed by atoms with van der Waals surface area (Å²) in [4.78, 5) is 12.3. The van der Waals surface area contributed by atoms with E-state index in [4.69, 9.17) is 13.9 Å². The molecule has 2 heterocycles. The molecule has 0 bridgehead atoms. The summed E-state index contributed by atoms with van der Waals surface area (Å²) in [5.74, 6) is 1.47. The van der Waals surface area contributed by atoms with E-state index in [-0.39, 0.29) is 17.4 Å². The molecule has 0 unspecified atom stereocenters. The van der Waals surface area contributed by atoms with Gasteiger partial charge >= 0.3 is 5.63 Å². The molecule has 1 aromatic heterocycles. The van der Waals surface area contributed by atoms with Crippen molar-refractivity contribution < 1.29 is 19.0 Å². The first-order valence-electron chi connectivity index (χ1n) is 10.4. The summed E-state index contributed by atoms with van der Waals surface area (Å²) >= 11 is 0. The predicted molar refractivity (Wildman–Crippen MR) is 117 cm³/mol. The smallest absolute Gasteiger partial charge is 0.339 e. The highest BCUT2D eigenvalue weighted by Gasteiger charge is 2.29. The Balaban J connectivity index is 1.54. The summed E-state index contributed by atoms with van der Waals surface area (Å²) in [6, 6.07) is 7.56. The molecule has 1 atom stereocenters. The Labute approximate surface area is 179 Å². The van der Waals surface area contributed by atoms with Crippen molar-refractivity contribution in [3.63, 3.8) is 0 Å². The summed E-state index contributed by atoms with van der Waals surface area (Å²) in [5, 5.41) is 16.4. The number of aryl methyl sites for hydroxylation is 2. The first-order chi connectivity index (χ1) is 15.0. The van der Waals surface area contributed by atoms with Gasteiger partial charge in [-0.05, 0) is 61.1 Å². The number of rotatable bonds is 4. The van der Waals surface area contributed by atoms with Gasteiger partial charge in [-0.2, -0.15) is 5.10 Å². The molecule has 2 aliphatic rings. The molecule has 7 heteroatoms. The van der Waals surface area contributed by atoms with Crippen molar-refractivity contribution in [2.24, 2.45) is 5.10 Å². The Kier molecular flexibility index (Phi) is 4.61. The number of hydrogen-bond acceptors (Lipinski definition) is 7. The van der Waals surface area contributed by atoms with Crippen molar-refractivity contribution in [2.75, 3.05) is 14.2 Å². The van der Waals surface area contributed by atoms with E-state index in [1.165, 1.54) is 0 Å². The Morgan fingerprint density at radius 3 is 2.68 bits per heavy atom. The Bertz CT molecular complexity index is 1290. The van der Waals surface area contributed by atoms with Crippen LogP contribution in [0.3, 0.4) is 0 Å². The first kappa shape index (κ1) is 19.5. The van der Waals surface area contributed by atoms with E-state index in [1.807, 2.05) is 31.2 Å². The zero-order valence-corrected chi connectivity index (χ0v) is 17.7. The van der Waals surface area contributed by atoms with E-state index in [0.717, 1.165) is 35.2 Å². The van der Waals surface area contributed by atoms with Gasteiger partial charge in [-0.1, -0.05) is 6.07 Å². The number of nitrogens with zero attached hydrogens (tertiary/aromatic N) is 1. The molecule has 0 spiro atoms. The number of hydrazone groups is 1. The van der Waals surface area contributed by atoms with Crippen molar-refractivity contribution in [3.05, 3.63) is 62.5 Å². The van der Waals surface area contributed by atoms with Crippen LogP contribution in [0.4, 0.5) is 0 Å². The molecular weight excluding hydrogens is 396 g/mol. The average Bonchev–Trinajstić information content (AvgIpc) is 3.43. The highest BCUT2D eigenvalue weighted by Crippen LogP contribution is 2.40. The van der Waals surface area contributed by atoms with E-state index in [2.05, 4.69) is 10.5 Å². The molecule has 5 rings (SSSR count). The second kappa shape index (κ2) is 7.34. The molecule has 31 heavy (non-hydrogen) atoms. The molecule has 2 aromatic carbocycles. The zero-order valence-electron chi connectivity index (χ0n) is 17.7. The molecule has 2 N–H and O–H groups in total. The molecule has 1 aliphatic heterocycles. The lowest BCUT2D eigenvalue weighted by molar-refractivity contribution is 0.354. The Morgan fingerprint density at radius 2 is 1.90 bits per heavy atom. The van der Waals surface area contributed by atoms with E-state index in [9.17, 15) is 9.90 Å². The number of aromatic hydroxyl groups is 1. The standard InChI is InChI=1S/C24H24N2O5/c1-12-9-20-22(14-5-4-6-15(14)24(28)31-20)23(27)21(12)17-11-16(25-26-17)13-7-8-18(29-2)19(10-13)30-3/h7-10,16,25,27H,4-6,11H2,1-3H3/t16-/m1/s1. The fraction of sp³-hybridized carbons (Fsp3) is 0.333.